The van der Waals surface area contributed by atoms with Crippen molar-refractivity contribution in [2.24, 2.45) is 0 Å². The number of hydrogen-bond donors (Lipinski definition) is 0. The van der Waals surface area contributed by atoms with E-state index in [0.29, 0.717) is 5.75 Å². The van der Waals surface area contributed by atoms with Crippen molar-refractivity contribution in [3.8, 4) is 5.75 Å². The van der Waals surface area contributed by atoms with E-state index in [9.17, 15) is 4.39 Å². The van der Waals surface area contributed by atoms with Crippen LogP contribution in [0.3, 0.4) is 0 Å². The van der Waals surface area contributed by atoms with E-state index in [2.05, 4.69) is 0 Å². The van der Waals surface area contributed by atoms with Gasteiger partial charge < -0.3 is 4.74 Å². The van der Waals surface area contributed by atoms with Crippen molar-refractivity contribution < 1.29 is 9.13 Å². The average molecular weight is 176 g/mol. The molecule has 2 aromatic carbocycles. The highest BCUT2D eigenvalue weighted by atomic mass is 19.1. The van der Waals surface area contributed by atoms with Gasteiger partial charge in [-0.3, -0.25) is 0 Å². The van der Waals surface area contributed by atoms with Crippen molar-refractivity contribution in [1.82, 2.24) is 0 Å². The summed E-state index contributed by atoms with van der Waals surface area (Å²) in [6.45, 7) is 0. The Morgan fingerprint density at radius 3 is 2.77 bits per heavy atom. The topological polar surface area (TPSA) is 9.23 Å². The van der Waals surface area contributed by atoms with Gasteiger partial charge in [0.2, 0.25) is 0 Å². The number of fused-ring (bicyclic) bond motifs is 1. The quantitative estimate of drug-likeness (QED) is 0.649. The second kappa shape index (κ2) is 3.05. The maximum atomic E-state index is 12.9. The molecular formula is C11H9FO. The van der Waals surface area contributed by atoms with Crippen LogP contribution in [-0.2, 0) is 0 Å². The van der Waals surface area contributed by atoms with E-state index in [1.807, 2.05) is 18.2 Å². The highest BCUT2D eigenvalue weighted by Gasteiger charge is 2.00. The Morgan fingerprint density at radius 1 is 1.15 bits per heavy atom. The normalized spacial score (nSPS) is 10.3. The maximum Gasteiger partial charge on any atom is 0.126 e. The molecule has 0 aromatic heterocycles. The van der Waals surface area contributed by atoms with E-state index >= 15 is 0 Å². The Labute approximate surface area is 75.8 Å². The first kappa shape index (κ1) is 8.05. The summed E-state index contributed by atoms with van der Waals surface area (Å²) < 4.78 is 18.0. The van der Waals surface area contributed by atoms with Crippen LogP contribution < -0.4 is 4.74 Å². The molecule has 0 amide bonds. The monoisotopic (exact) mass is 176 g/mol. The molecule has 0 heterocycles. The number of halogens is 1. The van der Waals surface area contributed by atoms with Crippen molar-refractivity contribution in [1.29, 1.82) is 0 Å². The van der Waals surface area contributed by atoms with Gasteiger partial charge in [0.05, 0.1) is 7.11 Å². The minimum Gasteiger partial charge on any atom is -0.496 e. The van der Waals surface area contributed by atoms with Gasteiger partial charge in [-0.05, 0) is 23.6 Å². The molecule has 2 aromatic rings. The zero-order valence-corrected chi connectivity index (χ0v) is 7.25. The molecule has 0 spiro atoms. The highest BCUT2D eigenvalue weighted by molar-refractivity contribution is 5.88. The van der Waals surface area contributed by atoms with Crippen LogP contribution >= 0.6 is 0 Å². The lowest BCUT2D eigenvalue weighted by molar-refractivity contribution is 0.419. The third-order valence-electron chi connectivity index (χ3n) is 2.02. The number of methoxy groups -OCH3 is 1. The van der Waals surface area contributed by atoms with Crippen molar-refractivity contribution >= 4 is 10.8 Å². The average Bonchev–Trinajstić information content (AvgIpc) is 2.17. The van der Waals surface area contributed by atoms with Crippen molar-refractivity contribution in [2.75, 3.05) is 7.11 Å². The molecule has 0 aliphatic heterocycles. The summed E-state index contributed by atoms with van der Waals surface area (Å²) in [7, 11) is 1.58. The zero-order chi connectivity index (χ0) is 9.26. The molecule has 0 bridgehead atoms. The largest absolute Gasteiger partial charge is 0.496 e. The Bertz CT molecular complexity index is 437. The molecule has 2 rings (SSSR count). The van der Waals surface area contributed by atoms with Crippen molar-refractivity contribution in [2.45, 2.75) is 0 Å². The summed E-state index contributed by atoms with van der Waals surface area (Å²) in [5.74, 6) is 0.467. The smallest absolute Gasteiger partial charge is 0.126 e. The first-order valence-corrected chi connectivity index (χ1v) is 4.03. The Balaban J connectivity index is 2.79. The molecule has 0 saturated carbocycles. The van der Waals surface area contributed by atoms with Gasteiger partial charge in [0.15, 0.2) is 0 Å². The lowest BCUT2D eigenvalue weighted by Crippen LogP contribution is -1.85. The zero-order valence-electron chi connectivity index (χ0n) is 7.25. The number of benzene rings is 2. The third-order valence-corrected chi connectivity index (χ3v) is 2.02. The van der Waals surface area contributed by atoms with Gasteiger partial charge in [0, 0.05) is 5.39 Å². The molecule has 0 atom stereocenters. The third kappa shape index (κ3) is 1.35. The number of rotatable bonds is 1. The molecule has 1 nitrogen and oxygen atoms in total. The van der Waals surface area contributed by atoms with Gasteiger partial charge >= 0.3 is 0 Å². The summed E-state index contributed by atoms with van der Waals surface area (Å²) in [6.07, 6.45) is 0. The van der Waals surface area contributed by atoms with Gasteiger partial charge in [-0.25, -0.2) is 4.39 Å². The van der Waals surface area contributed by atoms with Gasteiger partial charge in [-0.15, -0.1) is 0 Å². The lowest BCUT2D eigenvalue weighted by Gasteiger charge is -2.04. The Hall–Kier alpha value is -1.57. The molecule has 0 unspecified atom stereocenters. The van der Waals surface area contributed by atoms with Crippen LogP contribution in [0.2, 0.25) is 0 Å². The first-order chi connectivity index (χ1) is 6.31. The molecule has 0 aliphatic carbocycles. The molecule has 0 saturated heterocycles. The standard InChI is InChI=1S/C11H9FO/c1-13-11-4-2-3-8-5-6-9(12)7-10(8)11/h2-7H,1H3. The van der Waals surface area contributed by atoms with Crippen LogP contribution in [0.4, 0.5) is 4.39 Å². The van der Waals surface area contributed by atoms with E-state index in [1.165, 1.54) is 12.1 Å². The highest BCUT2D eigenvalue weighted by Crippen LogP contribution is 2.25. The van der Waals surface area contributed by atoms with Crippen LogP contribution in [0, 0.1) is 5.82 Å². The maximum absolute atomic E-state index is 12.9. The van der Waals surface area contributed by atoms with Crippen LogP contribution in [0.5, 0.6) is 5.75 Å². The molecular weight excluding hydrogens is 167 g/mol. The van der Waals surface area contributed by atoms with Gasteiger partial charge in [-0.2, -0.15) is 0 Å². The second-order valence-corrected chi connectivity index (χ2v) is 2.83. The minimum atomic E-state index is -0.239. The van der Waals surface area contributed by atoms with Gasteiger partial charge in [0.1, 0.15) is 11.6 Å². The molecule has 66 valence electrons. The Morgan fingerprint density at radius 2 is 2.00 bits per heavy atom. The fourth-order valence-corrected chi connectivity index (χ4v) is 1.39. The summed E-state index contributed by atoms with van der Waals surface area (Å²) in [5, 5.41) is 1.80. The van der Waals surface area contributed by atoms with Crippen LogP contribution in [-0.4, -0.2) is 7.11 Å². The first-order valence-electron chi connectivity index (χ1n) is 4.03. The summed E-state index contributed by atoms with van der Waals surface area (Å²) in [5.41, 5.74) is 0. The fourth-order valence-electron chi connectivity index (χ4n) is 1.39. The predicted octanol–water partition coefficient (Wildman–Crippen LogP) is 2.99. The van der Waals surface area contributed by atoms with Crippen LogP contribution in [0.25, 0.3) is 10.8 Å². The van der Waals surface area contributed by atoms with Crippen molar-refractivity contribution in [3.63, 3.8) is 0 Å². The van der Waals surface area contributed by atoms with Gasteiger partial charge in [-0.1, -0.05) is 18.2 Å². The predicted molar refractivity (Wildman–Crippen MR) is 50.5 cm³/mol. The molecule has 13 heavy (non-hydrogen) atoms. The van der Waals surface area contributed by atoms with Crippen LogP contribution in [0.15, 0.2) is 36.4 Å². The molecule has 0 fully saturated rings. The van der Waals surface area contributed by atoms with E-state index in [-0.39, 0.29) is 5.82 Å². The molecule has 0 aliphatic rings. The fraction of sp³-hybridized carbons (Fsp3) is 0.0909. The lowest BCUT2D eigenvalue weighted by atomic mass is 10.1. The van der Waals surface area contributed by atoms with E-state index in [0.717, 1.165) is 10.8 Å². The number of hydrogen-bond acceptors (Lipinski definition) is 1. The minimum absolute atomic E-state index is 0.239. The van der Waals surface area contributed by atoms with E-state index < -0.39 is 0 Å². The summed E-state index contributed by atoms with van der Waals surface area (Å²) in [4.78, 5) is 0. The van der Waals surface area contributed by atoms with Crippen molar-refractivity contribution in [3.05, 3.63) is 42.2 Å². The number of ether oxygens (including phenoxy) is 1. The molecule has 0 N–H and O–H groups in total. The summed E-state index contributed by atoms with van der Waals surface area (Å²) in [6, 6.07) is 10.3. The van der Waals surface area contributed by atoms with Gasteiger partial charge in [0.25, 0.3) is 0 Å². The Kier molecular flexibility index (Phi) is 1.89. The second-order valence-electron chi connectivity index (χ2n) is 2.83. The van der Waals surface area contributed by atoms with Crippen LogP contribution in [0.1, 0.15) is 0 Å². The van der Waals surface area contributed by atoms with E-state index in [4.69, 9.17) is 4.74 Å². The summed E-state index contributed by atoms with van der Waals surface area (Å²) >= 11 is 0. The SMILES string of the molecule is COc1cccc2ccc(F)cc12. The van der Waals surface area contributed by atoms with E-state index in [1.54, 1.807) is 13.2 Å². The molecule has 2 heteroatoms. The molecule has 0 radical (unpaired) electrons.